The Labute approximate surface area is 154 Å². The SMILES string of the molecule is CCS(=O)c1ccccc1C(=O)OC(C)C(=O)Nc1cccc(C#N)c1. The molecule has 1 N–H and O–H groups in total. The first-order valence-corrected chi connectivity index (χ1v) is 9.27. The van der Waals surface area contributed by atoms with Gasteiger partial charge in [-0.25, -0.2) is 4.79 Å². The second-order valence-electron chi connectivity index (χ2n) is 5.36. The van der Waals surface area contributed by atoms with Gasteiger partial charge < -0.3 is 10.1 Å². The topological polar surface area (TPSA) is 96.3 Å². The fourth-order valence-electron chi connectivity index (χ4n) is 2.18. The maximum atomic E-state index is 12.4. The highest BCUT2D eigenvalue weighted by molar-refractivity contribution is 7.85. The van der Waals surface area contributed by atoms with E-state index < -0.39 is 28.8 Å². The van der Waals surface area contributed by atoms with Gasteiger partial charge in [0.15, 0.2) is 6.10 Å². The first kappa shape index (κ1) is 19.3. The number of nitriles is 1. The molecule has 0 saturated carbocycles. The standard InChI is InChI=1S/C19H18N2O4S/c1-3-26(24)17-10-5-4-9-16(17)19(23)25-13(2)18(22)21-15-8-6-7-14(11-15)12-20/h4-11,13H,3H2,1-2H3,(H,21,22). The van der Waals surface area contributed by atoms with E-state index >= 15 is 0 Å². The highest BCUT2D eigenvalue weighted by Crippen LogP contribution is 2.16. The first-order valence-electron chi connectivity index (χ1n) is 7.95. The van der Waals surface area contributed by atoms with Gasteiger partial charge in [0.1, 0.15) is 0 Å². The minimum absolute atomic E-state index is 0.179. The summed E-state index contributed by atoms with van der Waals surface area (Å²) in [6.07, 6.45) is -1.06. The van der Waals surface area contributed by atoms with Crippen molar-refractivity contribution in [3.63, 3.8) is 0 Å². The summed E-state index contributed by atoms with van der Waals surface area (Å²) in [6, 6.07) is 14.8. The van der Waals surface area contributed by atoms with Crippen molar-refractivity contribution in [3.05, 3.63) is 59.7 Å². The van der Waals surface area contributed by atoms with Gasteiger partial charge in [-0.3, -0.25) is 9.00 Å². The third-order valence-electron chi connectivity index (χ3n) is 3.53. The van der Waals surface area contributed by atoms with Gasteiger partial charge in [0.2, 0.25) is 0 Å². The van der Waals surface area contributed by atoms with E-state index in [4.69, 9.17) is 10.00 Å². The highest BCUT2D eigenvalue weighted by Gasteiger charge is 2.22. The molecule has 1 amide bonds. The van der Waals surface area contributed by atoms with Gasteiger partial charge in [0, 0.05) is 11.4 Å². The van der Waals surface area contributed by atoms with Crippen LogP contribution in [0.25, 0.3) is 0 Å². The second kappa shape index (κ2) is 8.92. The van der Waals surface area contributed by atoms with Crippen LogP contribution in [0, 0.1) is 11.3 Å². The zero-order valence-corrected chi connectivity index (χ0v) is 15.2. The van der Waals surface area contributed by atoms with E-state index in [1.165, 1.54) is 19.1 Å². The van der Waals surface area contributed by atoms with E-state index in [2.05, 4.69) is 5.32 Å². The summed E-state index contributed by atoms with van der Waals surface area (Å²) in [5.41, 5.74) is 1.02. The Morgan fingerprint density at radius 2 is 1.96 bits per heavy atom. The van der Waals surface area contributed by atoms with E-state index in [0.717, 1.165) is 0 Å². The average molecular weight is 370 g/mol. The van der Waals surface area contributed by atoms with Crippen LogP contribution in [0.2, 0.25) is 0 Å². The molecule has 2 rings (SSSR count). The number of benzene rings is 2. The number of amides is 1. The zero-order chi connectivity index (χ0) is 19.1. The van der Waals surface area contributed by atoms with Crippen LogP contribution >= 0.6 is 0 Å². The second-order valence-corrected chi connectivity index (χ2v) is 7.07. The maximum absolute atomic E-state index is 12.4. The third kappa shape index (κ3) is 4.77. The van der Waals surface area contributed by atoms with Gasteiger partial charge in [0.05, 0.1) is 32.9 Å². The lowest BCUT2D eigenvalue weighted by atomic mass is 10.2. The van der Waals surface area contributed by atoms with E-state index in [-0.39, 0.29) is 5.56 Å². The summed E-state index contributed by atoms with van der Waals surface area (Å²) in [5, 5.41) is 11.5. The lowest BCUT2D eigenvalue weighted by molar-refractivity contribution is -0.123. The molecule has 0 spiro atoms. The number of carbonyl (C=O) groups is 2. The van der Waals surface area contributed by atoms with Crippen molar-refractivity contribution in [1.82, 2.24) is 0 Å². The Kier molecular flexibility index (Phi) is 6.64. The molecular weight excluding hydrogens is 352 g/mol. The molecule has 7 heteroatoms. The monoisotopic (exact) mass is 370 g/mol. The summed E-state index contributed by atoms with van der Waals surface area (Å²) in [6.45, 7) is 3.20. The van der Waals surface area contributed by atoms with Crippen LogP contribution in [0.1, 0.15) is 29.8 Å². The van der Waals surface area contributed by atoms with Crippen molar-refractivity contribution in [2.45, 2.75) is 24.8 Å². The predicted octanol–water partition coefficient (Wildman–Crippen LogP) is 2.87. The van der Waals surface area contributed by atoms with E-state index in [9.17, 15) is 13.8 Å². The molecule has 0 saturated heterocycles. The lowest BCUT2D eigenvalue weighted by Crippen LogP contribution is -2.30. The molecule has 134 valence electrons. The smallest absolute Gasteiger partial charge is 0.340 e. The molecule has 0 aliphatic rings. The van der Waals surface area contributed by atoms with E-state index in [0.29, 0.717) is 21.9 Å². The number of hydrogen-bond donors (Lipinski definition) is 1. The van der Waals surface area contributed by atoms with Gasteiger partial charge in [-0.05, 0) is 37.3 Å². The molecule has 0 fully saturated rings. The van der Waals surface area contributed by atoms with Gasteiger partial charge in [0.25, 0.3) is 5.91 Å². The van der Waals surface area contributed by atoms with Crippen molar-refractivity contribution in [3.8, 4) is 6.07 Å². The number of hydrogen-bond acceptors (Lipinski definition) is 5. The van der Waals surface area contributed by atoms with Crippen molar-refractivity contribution in [1.29, 1.82) is 5.26 Å². The highest BCUT2D eigenvalue weighted by atomic mass is 32.2. The van der Waals surface area contributed by atoms with Gasteiger partial charge in [-0.15, -0.1) is 0 Å². The number of rotatable bonds is 6. The van der Waals surface area contributed by atoms with E-state index in [1.807, 2.05) is 6.07 Å². The van der Waals surface area contributed by atoms with Gasteiger partial charge in [-0.1, -0.05) is 25.1 Å². The number of nitrogens with one attached hydrogen (secondary N) is 1. The summed E-state index contributed by atoms with van der Waals surface area (Å²) in [5.74, 6) is -0.867. The lowest BCUT2D eigenvalue weighted by Gasteiger charge is -2.15. The number of ether oxygens (including phenoxy) is 1. The number of anilines is 1. The molecule has 0 radical (unpaired) electrons. The van der Waals surface area contributed by atoms with Crippen LogP contribution in [0.5, 0.6) is 0 Å². The number of carbonyl (C=O) groups excluding carboxylic acids is 2. The summed E-state index contributed by atoms with van der Waals surface area (Å²) >= 11 is 0. The average Bonchev–Trinajstić information content (AvgIpc) is 2.67. The molecule has 26 heavy (non-hydrogen) atoms. The van der Waals surface area contributed by atoms with Crippen LogP contribution in [0.3, 0.4) is 0 Å². The predicted molar refractivity (Wildman–Crippen MR) is 98.1 cm³/mol. The van der Waals surface area contributed by atoms with Gasteiger partial charge >= 0.3 is 5.97 Å². The Hall–Kier alpha value is -2.98. The van der Waals surface area contributed by atoms with Crippen molar-refractivity contribution in [2.24, 2.45) is 0 Å². The summed E-state index contributed by atoms with van der Waals surface area (Å²) < 4.78 is 17.3. The third-order valence-corrected chi connectivity index (χ3v) is 4.90. The van der Waals surface area contributed by atoms with Crippen molar-refractivity contribution < 1.29 is 18.5 Å². The van der Waals surface area contributed by atoms with Gasteiger partial charge in [-0.2, -0.15) is 5.26 Å². The summed E-state index contributed by atoms with van der Waals surface area (Å²) in [7, 11) is -1.32. The molecular formula is C19H18N2O4S. The largest absolute Gasteiger partial charge is 0.449 e. The Bertz CT molecular complexity index is 889. The Balaban J connectivity index is 2.08. The zero-order valence-electron chi connectivity index (χ0n) is 14.4. The van der Waals surface area contributed by atoms with Crippen LogP contribution in [0.4, 0.5) is 5.69 Å². The molecule has 0 aromatic heterocycles. The van der Waals surface area contributed by atoms with Crippen LogP contribution < -0.4 is 5.32 Å². The maximum Gasteiger partial charge on any atom is 0.340 e. The number of esters is 1. The molecule has 2 unspecified atom stereocenters. The first-order chi connectivity index (χ1) is 12.5. The number of nitrogens with zero attached hydrogens (tertiary/aromatic N) is 1. The molecule has 0 aliphatic heterocycles. The minimum Gasteiger partial charge on any atom is -0.449 e. The molecule has 0 bridgehead atoms. The van der Waals surface area contributed by atoms with E-state index in [1.54, 1.807) is 43.3 Å². The van der Waals surface area contributed by atoms with Crippen LogP contribution in [0.15, 0.2) is 53.4 Å². The fourth-order valence-corrected chi connectivity index (χ4v) is 3.12. The molecule has 6 nitrogen and oxygen atoms in total. The molecule has 0 aliphatic carbocycles. The Morgan fingerprint density at radius 1 is 1.23 bits per heavy atom. The minimum atomic E-state index is -1.32. The Morgan fingerprint density at radius 3 is 2.65 bits per heavy atom. The van der Waals surface area contributed by atoms with Crippen molar-refractivity contribution >= 4 is 28.4 Å². The van der Waals surface area contributed by atoms with Crippen LogP contribution in [-0.4, -0.2) is 27.9 Å². The molecule has 2 aromatic rings. The van der Waals surface area contributed by atoms with Crippen LogP contribution in [-0.2, 0) is 20.3 Å². The quantitative estimate of drug-likeness (QED) is 0.789. The molecule has 2 aromatic carbocycles. The normalized spacial score (nSPS) is 12.5. The van der Waals surface area contributed by atoms with Crippen molar-refractivity contribution in [2.75, 3.05) is 11.1 Å². The summed E-state index contributed by atoms with van der Waals surface area (Å²) in [4.78, 5) is 25.0. The molecule has 2 atom stereocenters. The molecule has 0 heterocycles. The fraction of sp³-hybridized carbons (Fsp3) is 0.211.